The second-order valence-electron chi connectivity index (χ2n) is 13.6. The maximum Gasteiger partial charge on any atom is 0.266 e. The molecule has 0 saturated heterocycles. The Morgan fingerprint density at radius 1 is 0.509 bits per heavy atom. The third kappa shape index (κ3) is 4.99. The quantitative estimate of drug-likeness (QED) is 0.124. The summed E-state index contributed by atoms with van der Waals surface area (Å²) in [7, 11) is 0. The lowest BCUT2D eigenvalue weighted by Crippen LogP contribution is -2.31. The number of imide groups is 2. The van der Waals surface area contributed by atoms with Gasteiger partial charge in [0.15, 0.2) is 11.6 Å². The monoisotopic (exact) mass is 735 g/mol. The number of fused-ring (bicyclic) bond motifs is 5. The molecule has 9 nitrogen and oxygen atoms in total. The number of anilines is 1. The lowest BCUT2D eigenvalue weighted by molar-refractivity contribution is 0.0641. The van der Waals surface area contributed by atoms with Crippen molar-refractivity contribution < 1.29 is 28.8 Å². The second kappa shape index (κ2) is 12.3. The summed E-state index contributed by atoms with van der Waals surface area (Å²) in [4.78, 5) is 91.8. The van der Waals surface area contributed by atoms with Crippen LogP contribution in [0.25, 0.3) is 21.7 Å². The number of ketones is 2. The lowest BCUT2D eigenvalue weighted by Gasteiger charge is -2.21. The molecule has 0 unspecified atom stereocenters. The molecule has 0 radical (unpaired) electrons. The number of carbonyl (C=O) groups is 6. The highest BCUT2D eigenvalue weighted by atomic mass is 32.2. The highest BCUT2D eigenvalue weighted by molar-refractivity contribution is 7.99. The van der Waals surface area contributed by atoms with E-state index < -0.39 is 41.1 Å². The van der Waals surface area contributed by atoms with E-state index in [1.54, 1.807) is 78.9 Å². The van der Waals surface area contributed by atoms with Gasteiger partial charge in [0.25, 0.3) is 23.6 Å². The fourth-order valence-electron chi connectivity index (χ4n) is 7.78. The van der Waals surface area contributed by atoms with Gasteiger partial charge in [-0.05, 0) is 83.1 Å². The number of hydrogen-bond donors (Lipinski definition) is 0. The summed E-state index contributed by atoms with van der Waals surface area (Å²) in [5.41, 5.74) is 2.66. The third-order valence-corrected chi connectivity index (χ3v) is 11.5. The van der Waals surface area contributed by atoms with Crippen molar-refractivity contribution in [2.45, 2.75) is 22.3 Å². The van der Waals surface area contributed by atoms with Gasteiger partial charge in [-0.3, -0.25) is 33.7 Å². The van der Waals surface area contributed by atoms with Crippen molar-refractivity contribution in [2.24, 2.45) is 0 Å². The Morgan fingerprint density at radius 2 is 1.11 bits per heavy atom. The summed E-state index contributed by atoms with van der Waals surface area (Å²) in [6.07, 6.45) is 0. The molecule has 3 aliphatic rings. The molecular weight excluding hydrogens is 711 g/mol. The van der Waals surface area contributed by atoms with Crippen molar-refractivity contribution in [2.75, 3.05) is 4.90 Å². The van der Waals surface area contributed by atoms with E-state index in [9.17, 15) is 28.8 Å². The van der Waals surface area contributed by atoms with Gasteiger partial charge in [-0.15, -0.1) is 0 Å². The van der Waals surface area contributed by atoms with E-state index in [0.717, 1.165) is 30.4 Å². The summed E-state index contributed by atoms with van der Waals surface area (Å²) in [6, 6.07) is 38.8. The third-order valence-electron chi connectivity index (χ3n) is 10.5. The van der Waals surface area contributed by atoms with Crippen molar-refractivity contribution >= 4 is 74.3 Å². The summed E-state index contributed by atoms with van der Waals surface area (Å²) in [5, 5.41) is 2.09. The molecule has 10 rings (SSSR count). The number of carbonyl (C=O) groups excluding carboxylic acids is 6. The standard InChI is InChI=1S/C45H25N3O6S/c49-40-33-20-24-8-4-5-9-25(24)21-34(33)41(50)38(40)36-18-17-29-26(23-47-42(51)30-12-6-7-13-31(30)43(47)52)14-19-37(39(29)46-36)48-44(53)32-16-15-28(22-35(32)45(48)54)55-27-10-2-1-3-11-27/h1-22,38H,23H2. The molecule has 0 spiro atoms. The minimum atomic E-state index is -1.25. The van der Waals surface area contributed by atoms with Gasteiger partial charge < -0.3 is 0 Å². The summed E-state index contributed by atoms with van der Waals surface area (Å²) in [6.45, 7) is -0.119. The van der Waals surface area contributed by atoms with Crippen molar-refractivity contribution in [3.8, 4) is 0 Å². The fourth-order valence-corrected chi connectivity index (χ4v) is 8.66. The smallest absolute Gasteiger partial charge is 0.266 e. The Balaban J connectivity index is 1.08. The van der Waals surface area contributed by atoms with Crippen LogP contribution in [0.15, 0.2) is 143 Å². The molecule has 2 aliphatic heterocycles. The first kappa shape index (κ1) is 32.6. The number of pyridine rings is 1. The average molecular weight is 736 g/mol. The van der Waals surface area contributed by atoms with Gasteiger partial charge in [-0.2, -0.15) is 0 Å². The van der Waals surface area contributed by atoms with E-state index in [1.165, 1.54) is 11.8 Å². The van der Waals surface area contributed by atoms with Crippen LogP contribution in [-0.4, -0.2) is 45.1 Å². The molecule has 7 aromatic rings. The number of benzene rings is 6. The van der Waals surface area contributed by atoms with Gasteiger partial charge >= 0.3 is 0 Å². The van der Waals surface area contributed by atoms with Crippen molar-refractivity contribution in [1.29, 1.82) is 0 Å². The molecule has 0 N–H and O–H groups in total. The van der Waals surface area contributed by atoms with Gasteiger partial charge in [0.05, 0.1) is 45.7 Å². The van der Waals surface area contributed by atoms with E-state index in [4.69, 9.17) is 4.98 Å². The molecule has 0 bridgehead atoms. The molecule has 6 aromatic carbocycles. The zero-order chi connectivity index (χ0) is 37.5. The molecule has 3 heterocycles. The molecule has 262 valence electrons. The number of Topliss-reactive ketones (excluding diaryl/α,β-unsaturated/α-hetero) is 2. The highest BCUT2D eigenvalue weighted by Gasteiger charge is 2.43. The van der Waals surface area contributed by atoms with Crippen molar-refractivity contribution in [1.82, 2.24) is 9.88 Å². The first-order chi connectivity index (χ1) is 26.8. The van der Waals surface area contributed by atoms with E-state index in [1.807, 2.05) is 54.6 Å². The Morgan fingerprint density at radius 3 is 1.78 bits per heavy atom. The summed E-state index contributed by atoms with van der Waals surface area (Å²) >= 11 is 1.46. The molecule has 1 aromatic heterocycles. The van der Waals surface area contributed by atoms with Crippen LogP contribution < -0.4 is 4.90 Å². The number of hydrogen-bond acceptors (Lipinski definition) is 8. The molecule has 4 amide bonds. The first-order valence-corrected chi connectivity index (χ1v) is 18.3. The van der Waals surface area contributed by atoms with Gasteiger partial charge in [-0.25, -0.2) is 9.88 Å². The predicted molar refractivity (Wildman–Crippen MR) is 206 cm³/mol. The number of aromatic nitrogens is 1. The van der Waals surface area contributed by atoms with Crippen LogP contribution in [0.5, 0.6) is 0 Å². The second-order valence-corrected chi connectivity index (χ2v) is 14.7. The van der Waals surface area contributed by atoms with Gasteiger partial charge in [0.2, 0.25) is 0 Å². The van der Waals surface area contributed by atoms with Gasteiger partial charge in [0.1, 0.15) is 5.92 Å². The largest absolute Gasteiger partial charge is 0.293 e. The highest BCUT2D eigenvalue weighted by Crippen LogP contribution is 2.41. The van der Waals surface area contributed by atoms with E-state index >= 15 is 0 Å². The lowest BCUT2D eigenvalue weighted by atomic mass is 9.97. The van der Waals surface area contributed by atoms with Crippen LogP contribution in [0.3, 0.4) is 0 Å². The zero-order valence-corrected chi connectivity index (χ0v) is 29.5. The zero-order valence-electron chi connectivity index (χ0n) is 28.7. The van der Waals surface area contributed by atoms with Crippen LogP contribution in [-0.2, 0) is 6.54 Å². The summed E-state index contributed by atoms with van der Waals surface area (Å²) < 4.78 is 0. The predicted octanol–water partition coefficient (Wildman–Crippen LogP) is 8.30. The molecule has 10 heteroatoms. The van der Waals surface area contributed by atoms with E-state index in [0.29, 0.717) is 33.2 Å². The normalized spacial score (nSPS) is 15.1. The summed E-state index contributed by atoms with van der Waals surface area (Å²) in [5.74, 6) is -4.03. The van der Waals surface area contributed by atoms with Crippen molar-refractivity contribution in [3.05, 3.63) is 178 Å². The van der Waals surface area contributed by atoms with Crippen LogP contribution >= 0.6 is 11.8 Å². The van der Waals surface area contributed by atoms with Gasteiger partial charge in [0, 0.05) is 26.3 Å². The van der Waals surface area contributed by atoms with Crippen LogP contribution in [0, 0.1) is 0 Å². The minimum absolute atomic E-state index is 0.119. The fraction of sp³-hybridized carbons (Fsp3) is 0.0444. The SMILES string of the molecule is O=C1c2cc3ccccc3cc2C(=O)C1c1ccc2c(CN3C(=O)c4ccccc4C3=O)ccc(N3C(=O)c4ccc(Sc5ccccc5)cc4C3=O)c2n1. The Labute approximate surface area is 317 Å². The Bertz CT molecular complexity index is 2830. The van der Waals surface area contributed by atoms with Crippen LogP contribution in [0.4, 0.5) is 5.69 Å². The van der Waals surface area contributed by atoms with Crippen LogP contribution in [0.2, 0.25) is 0 Å². The molecule has 55 heavy (non-hydrogen) atoms. The van der Waals surface area contributed by atoms with E-state index in [-0.39, 0.29) is 34.6 Å². The molecule has 0 saturated carbocycles. The molecule has 1 aliphatic carbocycles. The molecule has 0 fully saturated rings. The van der Waals surface area contributed by atoms with Crippen LogP contribution in [0.1, 0.15) is 79.3 Å². The number of amides is 4. The minimum Gasteiger partial charge on any atom is -0.293 e. The Hall–Kier alpha value is -7.04. The maximum atomic E-state index is 14.2. The number of rotatable bonds is 6. The molecular formula is C45H25N3O6S. The number of nitrogens with zero attached hydrogens (tertiary/aromatic N) is 3. The Kier molecular flexibility index (Phi) is 7.26. The maximum absolute atomic E-state index is 14.2. The molecule has 0 atom stereocenters. The topological polar surface area (TPSA) is 122 Å². The average Bonchev–Trinajstić information content (AvgIpc) is 3.71. The van der Waals surface area contributed by atoms with Gasteiger partial charge in [-0.1, -0.05) is 78.5 Å². The first-order valence-electron chi connectivity index (χ1n) is 17.5. The van der Waals surface area contributed by atoms with E-state index in [2.05, 4.69) is 0 Å². The van der Waals surface area contributed by atoms with Crippen molar-refractivity contribution in [3.63, 3.8) is 0 Å².